The van der Waals surface area contributed by atoms with Gasteiger partial charge in [0.2, 0.25) is 5.91 Å². The van der Waals surface area contributed by atoms with Crippen molar-refractivity contribution in [3.63, 3.8) is 0 Å². The van der Waals surface area contributed by atoms with Crippen LogP contribution < -0.4 is 0 Å². The number of nitrogens with zero attached hydrogens (tertiary/aromatic N) is 1. The molecule has 1 saturated heterocycles. The van der Waals surface area contributed by atoms with Crippen molar-refractivity contribution in [3.8, 4) is 0 Å². The van der Waals surface area contributed by atoms with Gasteiger partial charge in [0.15, 0.2) is 0 Å². The quantitative estimate of drug-likeness (QED) is 0.476. The highest BCUT2D eigenvalue weighted by molar-refractivity contribution is 7.16. The number of thiophene rings is 1. The van der Waals surface area contributed by atoms with Crippen LogP contribution in [-0.4, -0.2) is 17.4 Å². The van der Waals surface area contributed by atoms with Crippen LogP contribution >= 0.6 is 34.5 Å². The molecular weight excluding hydrogens is 397 g/mol. The van der Waals surface area contributed by atoms with Gasteiger partial charge in [-0.1, -0.05) is 41.4 Å². The van der Waals surface area contributed by atoms with Crippen molar-refractivity contribution in [2.45, 2.75) is 37.6 Å². The zero-order chi connectivity index (χ0) is 19.0. The third-order valence-electron chi connectivity index (χ3n) is 5.65. The van der Waals surface area contributed by atoms with Crippen molar-refractivity contribution in [1.82, 2.24) is 4.90 Å². The van der Waals surface area contributed by atoms with Crippen LogP contribution in [0.3, 0.4) is 0 Å². The second kappa shape index (κ2) is 7.98. The van der Waals surface area contributed by atoms with E-state index in [-0.39, 0.29) is 23.8 Å². The molecule has 3 atom stereocenters. The molecule has 2 heterocycles. The minimum Gasteiger partial charge on any atom is -0.334 e. The Morgan fingerprint density at radius 1 is 1.22 bits per heavy atom. The third kappa shape index (κ3) is 4.11. The molecule has 1 amide bonds. The molecule has 1 aliphatic heterocycles. The molecule has 1 unspecified atom stereocenters. The summed E-state index contributed by atoms with van der Waals surface area (Å²) in [5.74, 6) is 1.08. The largest absolute Gasteiger partial charge is 0.334 e. The Labute approximate surface area is 174 Å². The molecule has 142 valence electrons. The van der Waals surface area contributed by atoms with Crippen LogP contribution in [-0.2, 0) is 4.79 Å². The normalized spacial score (nSPS) is 25.6. The van der Waals surface area contributed by atoms with Gasteiger partial charge < -0.3 is 4.90 Å². The third-order valence-corrected chi connectivity index (χ3v) is 7.19. The van der Waals surface area contributed by atoms with Crippen LogP contribution in [0.4, 0.5) is 0 Å². The molecule has 0 N–H and O–H groups in total. The fourth-order valence-electron chi connectivity index (χ4n) is 4.20. The van der Waals surface area contributed by atoms with E-state index in [2.05, 4.69) is 23.6 Å². The number of amides is 1. The molecule has 0 radical (unpaired) electrons. The minimum absolute atomic E-state index is 0.0167. The Morgan fingerprint density at radius 2 is 2.04 bits per heavy atom. The molecule has 2 fully saturated rings. The molecule has 1 aromatic heterocycles. The SMILES string of the molecule is C=CC[C@@H]1CC(c2cccc(Cl)c2)[C@@H](c2ccc(Cl)s2)N(CC2CC2)C1=O. The summed E-state index contributed by atoms with van der Waals surface area (Å²) in [6.45, 7) is 4.71. The highest BCUT2D eigenvalue weighted by Gasteiger charge is 2.44. The van der Waals surface area contributed by atoms with Gasteiger partial charge in [-0.25, -0.2) is 0 Å². The van der Waals surface area contributed by atoms with Crippen molar-refractivity contribution in [2.24, 2.45) is 11.8 Å². The van der Waals surface area contributed by atoms with Crippen LogP contribution in [0, 0.1) is 11.8 Å². The standard InChI is InChI=1S/C22H23Cl2NOS/c1-2-4-16-12-18(15-5-3-6-17(23)11-15)21(19-9-10-20(24)27-19)25(22(16)26)13-14-7-8-14/h2-3,5-6,9-11,14,16,18,21H,1,4,7-8,12-13H2/t16-,18?,21+/m1/s1. The van der Waals surface area contributed by atoms with E-state index in [4.69, 9.17) is 23.2 Å². The average molecular weight is 420 g/mol. The topological polar surface area (TPSA) is 20.3 Å². The van der Waals surface area contributed by atoms with Crippen molar-refractivity contribution < 1.29 is 4.79 Å². The molecule has 2 nitrogen and oxygen atoms in total. The van der Waals surface area contributed by atoms with E-state index in [0.717, 1.165) is 33.6 Å². The number of allylic oxidation sites excluding steroid dienone is 1. The fraction of sp³-hybridized carbons (Fsp3) is 0.409. The molecule has 1 saturated carbocycles. The lowest BCUT2D eigenvalue weighted by molar-refractivity contribution is -0.143. The van der Waals surface area contributed by atoms with Crippen molar-refractivity contribution >= 4 is 40.4 Å². The van der Waals surface area contributed by atoms with E-state index >= 15 is 0 Å². The second-order valence-corrected chi connectivity index (χ2v) is 9.82. The van der Waals surface area contributed by atoms with E-state index in [1.165, 1.54) is 18.4 Å². The average Bonchev–Trinajstić information content (AvgIpc) is 3.37. The van der Waals surface area contributed by atoms with Crippen LogP contribution in [0.1, 0.15) is 48.1 Å². The Bertz CT molecular complexity index is 844. The summed E-state index contributed by atoms with van der Waals surface area (Å²) >= 11 is 14.1. The van der Waals surface area contributed by atoms with Gasteiger partial charge in [-0.05, 0) is 61.4 Å². The van der Waals surface area contributed by atoms with Crippen LogP contribution in [0.5, 0.6) is 0 Å². The summed E-state index contributed by atoms with van der Waals surface area (Å²) in [6.07, 6.45) is 5.84. The number of halogens is 2. The van der Waals surface area contributed by atoms with Gasteiger partial charge in [-0.15, -0.1) is 17.9 Å². The maximum Gasteiger partial charge on any atom is 0.226 e. The second-order valence-electron chi connectivity index (χ2n) is 7.64. The van der Waals surface area contributed by atoms with Gasteiger partial charge in [0.25, 0.3) is 0 Å². The molecule has 0 bridgehead atoms. The Morgan fingerprint density at radius 3 is 2.67 bits per heavy atom. The van der Waals surface area contributed by atoms with Crippen LogP contribution in [0.15, 0.2) is 49.1 Å². The number of carbonyl (C=O) groups excluding carboxylic acids is 1. The summed E-state index contributed by atoms with van der Waals surface area (Å²) < 4.78 is 0.766. The van der Waals surface area contributed by atoms with Gasteiger partial charge >= 0.3 is 0 Å². The zero-order valence-corrected chi connectivity index (χ0v) is 17.4. The van der Waals surface area contributed by atoms with E-state index in [9.17, 15) is 4.79 Å². The van der Waals surface area contributed by atoms with E-state index < -0.39 is 0 Å². The molecule has 0 spiro atoms. The van der Waals surface area contributed by atoms with Gasteiger partial charge in [0, 0.05) is 28.3 Å². The molecule has 5 heteroatoms. The maximum absolute atomic E-state index is 13.3. The predicted octanol–water partition coefficient (Wildman–Crippen LogP) is 6.71. The van der Waals surface area contributed by atoms with E-state index in [1.807, 2.05) is 30.3 Å². The number of benzene rings is 1. The first kappa shape index (κ1) is 19.0. The number of likely N-dealkylation sites (tertiary alicyclic amines) is 1. The molecule has 4 rings (SSSR count). The molecular formula is C22H23Cl2NOS. The molecule has 2 aromatic rings. The highest BCUT2D eigenvalue weighted by atomic mass is 35.5. The fourth-order valence-corrected chi connectivity index (χ4v) is 5.64. The van der Waals surface area contributed by atoms with E-state index in [0.29, 0.717) is 5.92 Å². The Balaban J connectivity index is 1.78. The highest BCUT2D eigenvalue weighted by Crippen LogP contribution is 2.49. The first-order valence-electron chi connectivity index (χ1n) is 9.49. The number of hydrogen-bond donors (Lipinski definition) is 0. The number of hydrogen-bond acceptors (Lipinski definition) is 2. The number of piperidine rings is 1. The molecule has 2 aliphatic rings. The first-order chi connectivity index (χ1) is 13.1. The predicted molar refractivity (Wildman–Crippen MR) is 114 cm³/mol. The van der Waals surface area contributed by atoms with Crippen LogP contribution in [0.2, 0.25) is 9.36 Å². The summed E-state index contributed by atoms with van der Waals surface area (Å²) in [5.41, 5.74) is 1.19. The van der Waals surface area contributed by atoms with Crippen LogP contribution in [0.25, 0.3) is 0 Å². The summed E-state index contributed by atoms with van der Waals surface area (Å²) in [7, 11) is 0. The molecule has 27 heavy (non-hydrogen) atoms. The molecule has 1 aromatic carbocycles. The number of carbonyl (C=O) groups is 1. The summed E-state index contributed by atoms with van der Waals surface area (Å²) in [4.78, 5) is 16.6. The Kier molecular flexibility index (Phi) is 5.63. The lowest BCUT2D eigenvalue weighted by atomic mass is 9.76. The van der Waals surface area contributed by atoms with Gasteiger partial charge in [-0.2, -0.15) is 0 Å². The van der Waals surface area contributed by atoms with Gasteiger partial charge in [0.05, 0.1) is 10.4 Å². The summed E-state index contributed by atoms with van der Waals surface area (Å²) in [6, 6.07) is 12.1. The number of rotatable bonds is 6. The summed E-state index contributed by atoms with van der Waals surface area (Å²) in [5, 5.41) is 0.737. The lowest BCUT2D eigenvalue weighted by Gasteiger charge is -2.44. The van der Waals surface area contributed by atoms with E-state index in [1.54, 1.807) is 11.3 Å². The van der Waals surface area contributed by atoms with Crippen molar-refractivity contribution in [1.29, 1.82) is 0 Å². The maximum atomic E-state index is 13.3. The molecule has 1 aliphatic carbocycles. The van der Waals surface area contributed by atoms with Gasteiger partial charge in [0.1, 0.15) is 0 Å². The smallest absolute Gasteiger partial charge is 0.226 e. The van der Waals surface area contributed by atoms with Gasteiger partial charge in [-0.3, -0.25) is 4.79 Å². The van der Waals surface area contributed by atoms with Crippen molar-refractivity contribution in [3.05, 3.63) is 68.9 Å². The monoisotopic (exact) mass is 419 g/mol. The first-order valence-corrected chi connectivity index (χ1v) is 11.1. The van der Waals surface area contributed by atoms with Crippen molar-refractivity contribution in [2.75, 3.05) is 6.54 Å². The Hall–Kier alpha value is -1.29. The zero-order valence-electron chi connectivity index (χ0n) is 15.1. The lowest BCUT2D eigenvalue weighted by Crippen LogP contribution is -2.47. The minimum atomic E-state index is -0.0167.